The van der Waals surface area contributed by atoms with Crippen molar-refractivity contribution in [3.8, 4) is 5.75 Å². The van der Waals surface area contributed by atoms with Crippen LogP contribution in [0.2, 0.25) is 0 Å². The minimum absolute atomic E-state index is 0.138. The van der Waals surface area contributed by atoms with Gasteiger partial charge in [-0.2, -0.15) is 0 Å². The molecule has 170 valence electrons. The average Bonchev–Trinajstić information content (AvgIpc) is 3.23. The first-order chi connectivity index (χ1) is 16.7. The minimum Gasteiger partial charge on any atom is -0.481 e. The maximum atomic E-state index is 12.5. The molecule has 1 heterocycles. The van der Waals surface area contributed by atoms with Crippen molar-refractivity contribution in [3.05, 3.63) is 114 Å². The Morgan fingerprint density at radius 3 is 2.21 bits per heavy atom. The molecule has 4 heteroatoms. The summed E-state index contributed by atoms with van der Waals surface area (Å²) in [6.45, 7) is 3.05. The minimum atomic E-state index is -0.385. The number of ether oxygens (including phenoxy) is 2. The monoisotopic (exact) mass is 449 g/mol. The summed E-state index contributed by atoms with van der Waals surface area (Å²) < 4.78 is 13.9. The molecule has 0 saturated heterocycles. The molecular weight excluding hydrogens is 422 g/mol. The highest BCUT2D eigenvalue weighted by Gasteiger charge is 2.17. The summed E-state index contributed by atoms with van der Waals surface area (Å²) in [6, 6.07) is 32.7. The van der Waals surface area contributed by atoms with E-state index in [0.717, 1.165) is 46.0 Å². The number of carbonyl (C=O) groups excluding carboxylic acids is 1. The van der Waals surface area contributed by atoms with Gasteiger partial charge in [-0.15, -0.1) is 0 Å². The normalized spacial score (nSPS) is 11.1. The molecule has 0 amide bonds. The molecule has 34 heavy (non-hydrogen) atoms. The fraction of sp³-hybridized carbons (Fsp3) is 0.167. The second kappa shape index (κ2) is 9.84. The van der Waals surface area contributed by atoms with Crippen molar-refractivity contribution in [3.63, 3.8) is 0 Å². The lowest BCUT2D eigenvalue weighted by Gasteiger charge is -2.13. The fourth-order valence-corrected chi connectivity index (χ4v) is 4.39. The zero-order valence-electron chi connectivity index (χ0n) is 19.2. The van der Waals surface area contributed by atoms with Gasteiger partial charge >= 0.3 is 5.97 Å². The van der Waals surface area contributed by atoms with Gasteiger partial charge in [-0.05, 0) is 35.1 Å². The number of nitrogens with zero attached hydrogens (tertiary/aromatic N) is 1. The highest BCUT2D eigenvalue weighted by molar-refractivity contribution is 6.05. The van der Waals surface area contributed by atoms with Crippen LogP contribution in [-0.2, 0) is 29.1 Å². The number of carbonyl (C=O) groups is 1. The molecule has 0 unspecified atom stereocenters. The van der Waals surface area contributed by atoms with E-state index in [-0.39, 0.29) is 19.2 Å². The molecule has 5 aromatic rings. The number of benzene rings is 4. The highest BCUT2D eigenvalue weighted by Crippen LogP contribution is 2.37. The average molecular weight is 450 g/mol. The zero-order valence-corrected chi connectivity index (χ0v) is 19.2. The maximum Gasteiger partial charge on any atom is 0.344 e. The van der Waals surface area contributed by atoms with Gasteiger partial charge in [0.25, 0.3) is 0 Å². The summed E-state index contributed by atoms with van der Waals surface area (Å²) in [7, 11) is 0. The molecule has 0 atom stereocenters. The summed E-state index contributed by atoms with van der Waals surface area (Å²) in [5, 5.41) is 3.09. The molecule has 0 bridgehead atoms. The third-order valence-electron chi connectivity index (χ3n) is 6.09. The van der Waals surface area contributed by atoms with Gasteiger partial charge in [0.15, 0.2) is 6.61 Å². The SMILES string of the molecule is CCc1cc2c(OCC(=O)OCc3ccccc3)c3ccccc3cc2n1Cc1ccccc1. The Bertz CT molecular complexity index is 1420. The molecule has 0 saturated carbocycles. The Kier molecular flexibility index (Phi) is 6.30. The van der Waals surface area contributed by atoms with Gasteiger partial charge in [-0.25, -0.2) is 4.79 Å². The molecular formula is C30H27NO3. The van der Waals surface area contributed by atoms with Gasteiger partial charge in [0.2, 0.25) is 0 Å². The van der Waals surface area contributed by atoms with Crippen molar-refractivity contribution >= 4 is 27.6 Å². The van der Waals surface area contributed by atoms with Gasteiger partial charge in [0, 0.05) is 23.0 Å². The van der Waals surface area contributed by atoms with E-state index in [1.165, 1.54) is 11.3 Å². The first kappa shape index (κ1) is 21.8. The van der Waals surface area contributed by atoms with Crippen LogP contribution in [0.1, 0.15) is 23.7 Å². The molecule has 0 radical (unpaired) electrons. The Balaban J connectivity index is 1.47. The lowest BCUT2D eigenvalue weighted by atomic mass is 10.1. The fourth-order valence-electron chi connectivity index (χ4n) is 4.39. The third kappa shape index (κ3) is 4.53. The van der Waals surface area contributed by atoms with E-state index in [4.69, 9.17) is 9.47 Å². The lowest BCUT2D eigenvalue weighted by Crippen LogP contribution is -2.15. The molecule has 5 rings (SSSR count). The molecule has 0 fully saturated rings. The van der Waals surface area contributed by atoms with Gasteiger partial charge in [0.05, 0.1) is 5.52 Å². The second-order valence-electron chi connectivity index (χ2n) is 8.36. The molecule has 1 aromatic heterocycles. The van der Waals surface area contributed by atoms with Crippen LogP contribution in [0, 0.1) is 0 Å². The van der Waals surface area contributed by atoms with Crippen LogP contribution in [0.15, 0.2) is 97.1 Å². The predicted molar refractivity (Wildman–Crippen MR) is 136 cm³/mol. The van der Waals surface area contributed by atoms with Crippen LogP contribution in [-0.4, -0.2) is 17.1 Å². The first-order valence-electron chi connectivity index (χ1n) is 11.6. The van der Waals surface area contributed by atoms with Crippen LogP contribution in [0.5, 0.6) is 5.75 Å². The largest absolute Gasteiger partial charge is 0.481 e. The molecule has 0 aliphatic heterocycles. The number of aromatic nitrogens is 1. The smallest absolute Gasteiger partial charge is 0.344 e. The van der Waals surface area contributed by atoms with Crippen molar-refractivity contribution in [2.45, 2.75) is 26.5 Å². The van der Waals surface area contributed by atoms with Crippen molar-refractivity contribution in [2.75, 3.05) is 6.61 Å². The topological polar surface area (TPSA) is 40.5 Å². The van der Waals surface area contributed by atoms with E-state index in [9.17, 15) is 4.79 Å². The van der Waals surface area contributed by atoms with Gasteiger partial charge in [-0.3, -0.25) is 0 Å². The first-order valence-corrected chi connectivity index (χ1v) is 11.6. The number of aryl methyl sites for hydroxylation is 1. The van der Waals surface area contributed by atoms with Crippen molar-refractivity contribution < 1.29 is 14.3 Å². The van der Waals surface area contributed by atoms with Crippen LogP contribution < -0.4 is 4.74 Å². The number of hydrogen-bond donors (Lipinski definition) is 0. The van der Waals surface area contributed by atoms with E-state index >= 15 is 0 Å². The van der Waals surface area contributed by atoms with Gasteiger partial charge in [-0.1, -0.05) is 91.9 Å². The molecule has 4 nitrogen and oxygen atoms in total. The van der Waals surface area contributed by atoms with Crippen molar-refractivity contribution in [1.29, 1.82) is 0 Å². The highest BCUT2D eigenvalue weighted by atomic mass is 16.6. The quantitative estimate of drug-likeness (QED) is 0.253. The van der Waals surface area contributed by atoms with E-state index in [1.54, 1.807) is 0 Å². The van der Waals surface area contributed by atoms with E-state index in [0.29, 0.717) is 0 Å². The second-order valence-corrected chi connectivity index (χ2v) is 8.36. The third-order valence-corrected chi connectivity index (χ3v) is 6.09. The van der Waals surface area contributed by atoms with Crippen LogP contribution in [0.3, 0.4) is 0 Å². The van der Waals surface area contributed by atoms with Crippen molar-refractivity contribution in [1.82, 2.24) is 4.57 Å². The number of hydrogen-bond acceptors (Lipinski definition) is 3. The summed E-state index contributed by atoms with van der Waals surface area (Å²) in [4.78, 5) is 12.5. The van der Waals surface area contributed by atoms with Crippen LogP contribution >= 0.6 is 0 Å². The van der Waals surface area contributed by atoms with Crippen LogP contribution in [0.25, 0.3) is 21.7 Å². The lowest BCUT2D eigenvalue weighted by molar-refractivity contribution is -0.147. The van der Waals surface area contributed by atoms with E-state index in [2.05, 4.69) is 54.0 Å². The summed E-state index contributed by atoms with van der Waals surface area (Å²) in [6.07, 6.45) is 0.899. The Labute approximate surface area is 199 Å². The molecule has 0 N–H and O–H groups in total. The molecule has 0 spiro atoms. The molecule has 0 aliphatic carbocycles. The van der Waals surface area contributed by atoms with E-state index < -0.39 is 0 Å². The van der Waals surface area contributed by atoms with Gasteiger partial charge in [0.1, 0.15) is 12.4 Å². The maximum absolute atomic E-state index is 12.5. The Hall–Kier alpha value is -4.05. The number of rotatable bonds is 8. The Morgan fingerprint density at radius 1 is 0.794 bits per heavy atom. The predicted octanol–water partition coefficient (Wildman–Crippen LogP) is 6.53. The summed E-state index contributed by atoms with van der Waals surface area (Å²) >= 11 is 0. The summed E-state index contributed by atoms with van der Waals surface area (Å²) in [5.41, 5.74) is 4.53. The molecule has 0 aliphatic rings. The van der Waals surface area contributed by atoms with Crippen molar-refractivity contribution in [2.24, 2.45) is 0 Å². The van der Waals surface area contributed by atoms with Gasteiger partial charge < -0.3 is 14.0 Å². The number of esters is 1. The standard InChI is InChI=1S/C30H27NO3/c1-2-25-18-27-28(31(25)19-22-11-5-3-6-12-22)17-24-15-9-10-16-26(24)30(27)34-21-29(32)33-20-23-13-7-4-8-14-23/h3-18H,2,19-21H2,1H3. The Morgan fingerprint density at radius 2 is 1.47 bits per heavy atom. The summed E-state index contributed by atoms with van der Waals surface area (Å²) in [5.74, 6) is 0.343. The van der Waals surface area contributed by atoms with Crippen LogP contribution in [0.4, 0.5) is 0 Å². The molecule has 4 aromatic carbocycles. The number of fused-ring (bicyclic) bond motifs is 2. The van der Waals surface area contributed by atoms with E-state index in [1.807, 2.05) is 54.6 Å². The zero-order chi connectivity index (χ0) is 23.3.